The third-order valence-electron chi connectivity index (χ3n) is 5.32. The lowest BCUT2D eigenvalue weighted by molar-refractivity contribution is 0.0728. The largest absolute Gasteiger partial charge is 0.330 e. The quantitative estimate of drug-likeness (QED) is 0.517. The molecule has 150 valence electrons. The van der Waals surface area contributed by atoms with Gasteiger partial charge in [0.05, 0.1) is 6.54 Å². The van der Waals surface area contributed by atoms with Crippen LogP contribution in [-0.2, 0) is 13.1 Å². The summed E-state index contributed by atoms with van der Waals surface area (Å²) < 4.78 is 0. The summed E-state index contributed by atoms with van der Waals surface area (Å²) >= 11 is 0. The molecule has 0 bridgehead atoms. The second-order valence-electron chi connectivity index (χ2n) is 7.68. The Morgan fingerprint density at radius 3 is 2.37 bits per heavy atom. The number of amides is 1. The van der Waals surface area contributed by atoms with E-state index in [1.807, 2.05) is 92.7 Å². The molecule has 4 nitrogen and oxygen atoms in total. The molecule has 1 heterocycles. The van der Waals surface area contributed by atoms with Crippen molar-refractivity contribution in [2.24, 2.45) is 0 Å². The van der Waals surface area contributed by atoms with Crippen LogP contribution in [-0.4, -0.2) is 15.8 Å². The Bertz CT molecular complexity index is 1260. The van der Waals surface area contributed by atoms with Gasteiger partial charge in [0.1, 0.15) is 0 Å². The number of hydrogen-bond acceptors (Lipinski definition) is 2. The molecule has 0 saturated carbocycles. The number of pyridine rings is 1. The molecule has 0 spiro atoms. The van der Waals surface area contributed by atoms with Crippen molar-refractivity contribution in [2.75, 3.05) is 0 Å². The van der Waals surface area contributed by atoms with Gasteiger partial charge in [0.15, 0.2) is 0 Å². The zero-order valence-corrected chi connectivity index (χ0v) is 17.2. The minimum atomic E-state index is -0.163. The van der Waals surface area contributed by atoms with Crippen LogP contribution in [0.5, 0.6) is 0 Å². The van der Waals surface area contributed by atoms with Crippen LogP contribution in [0.25, 0.3) is 10.9 Å². The first-order valence-corrected chi connectivity index (χ1v) is 10.0. The molecule has 0 atom stereocenters. The summed E-state index contributed by atoms with van der Waals surface area (Å²) in [6, 6.07) is 25.3. The number of H-pyrrole nitrogens is 1. The summed E-state index contributed by atoms with van der Waals surface area (Å²) in [7, 11) is 0. The normalized spacial score (nSPS) is 10.9. The predicted molar refractivity (Wildman–Crippen MR) is 121 cm³/mol. The first-order valence-electron chi connectivity index (χ1n) is 10.0. The molecule has 0 fully saturated rings. The van der Waals surface area contributed by atoms with E-state index in [0.29, 0.717) is 17.7 Å². The van der Waals surface area contributed by atoms with E-state index in [4.69, 9.17) is 0 Å². The van der Waals surface area contributed by atoms with Crippen molar-refractivity contribution < 1.29 is 4.79 Å². The van der Waals surface area contributed by atoms with Gasteiger partial charge in [0.25, 0.3) is 11.5 Å². The SMILES string of the molecule is Cc1ccc2cc(CN(Cc3ccccc3)C(=O)c3ccccc3C)c(=O)[nH]c2c1. The molecule has 1 amide bonds. The lowest BCUT2D eigenvalue weighted by Crippen LogP contribution is -2.33. The Balaban J connectivity index is 1.72. The molecule has 1 aromatic heterocycles. The summed E-state index contributed by atoms with van der Waals surface area (Å²) in [5.41, 5.74) is 4.90. The first-order chi connectivity index (χ1) is 14.5. The van der Waals surface area contributed by atoms with Crippen LogP contribution < -0.4 is 5.56 Å². The fourth-order valence-corrected chi connectivity index (χ4v) is 3.67. The van der Waals surface area contributed by atoms with Crippen LogP contribution in [0.3, 0.4) is 0 Å². The average Bonchev–Trinajstić information content (AvgIpc) is 2.74. The van der Waals surface area contributed by atoms with Crippen molar-refractivity contribution in [3.8, 4) is 0 Å². The number of fused-ring (bicyclic) bond motifs is 1. The molecule has 0 radical (unpaired) electrons. The third kappa shape index (κ3) is 4.18. The zero-order chi connectivity index (χ0) is 21.1. The molecule has 30 heavy (non-hydrogen) atoms. The molecule has 4 aromatic rings. The molecule has 1 N–H and O–H groups in total. The van der Waals surface area contributed by atoms with Gasteiger partial charge in [-0.2, -0.15) is 0 Å². The van der Waals surface area contributed by atoms with Crippen LogP contribution in [0.4, 0.5) is 0 Å². The predicted octanol–water partition coefficient (Wildman–Crippen LogP) is 4.99. The Morgan fingerprint density at radius 1 is 0.867 bits per heavy atom. The van der Waals surface area contributed by atoms with Crippen LogP contribution in [0.1, 0.15) is 32.6 Å². The molecule has 3 aromatic carbocycles. The number of aromatic nitrogens is 1. The second kappa shape index (κ2) is 8.37. The summed E-state index contributed by atoms with van der Waals surface area (Å²) in [5, 5.41) is 0.957. The monoisotopic (exact) mass is 396 g/mol. The topological polar surface area (TPSA) is 53.2 Å². The Morgan fingerprint density at radius 2 is 1.60 bits per heavy atom. The van der Waals surface area contributed by atoms with Gasteiger partial charge in [-0.25, -0.2) is 0 Å². The molecule has 0 aliphatic heterocycles. The van der Waals surface area contributed by atoms with Crippen molar-refractivity contribution in [3.63, 3.8) is 0 Å². The van der Waals surface area contributed by atoms with E-state index in [9.17, 15) is 9.59 Å². The van der Waals surface area contributed by atoms with Gasteiger partial charge in [-0.3, -0.25) is 9.59 Å². The summed E-state index contributed by atoms with van der Waals surface area (Å²) in [6.07, 6.45) is 0. The molecule has 0 aliphatic rings. The number of rotatable bonds is 5. The van der Waals surface area contributed by atoms with Gasteiger partial charge in [-0.1, -0.05) is 60.7 Å². The van der Waals surface area contributed by atoms with Crippen molar-refractivity contribution in [1.82, 2.24) is 9.88 Å². The maximum atomic E-state index is 13.4. The van der Waals surface area contributed by atoms with E-state index < -0.39 is 0 Å². The van der Waals surface area contributed by atoms with Gasteiger partial charge in [-0.05, 0) is 54.1 Å². The summed E-state index contributed by atoms with van der Waals surface area (Å²) in [5.74, 6) is -0.0830. The number of nitrogens with one attached hydrogen (secondary N) is 1. The molecule has 0 saturated heterocycles. The van der Waals surface area contributed by atoms with Crippen LogP contribution in [0.2, 0.25) is 0 Å². The van der Waals surface area contributed by atoms with Crippen molar-refractivity contribution in [2.45, 2.75) is 26.9 Å². The molecule has 0 unspecified atom stereocenters. The molecular weight excluding hydrogens is 372 g/mol. The highest BCUT2D eigenvalue weighted by Crippen LogP contribution is 2.18. The van der Waals surface area contributed by atoms with Crippen LogP contribution in [0.15, 0.2) is 83.7 Å². The smallest absolute Gasteiger partial charge is 0.254 e. The Hall–Kier alpha value is -3.66. The average molecular weight is 396 g/mol. The molecular formula is C26H24N2O2. The summed E-state index contributed by atoms with van der Waals surface area (Å²) in [4.78, 5) is 30.9. The summed E-state index contributed by atoms with van der Waals surface area (Å²) in [6.45, 7) is 4.59. The standard InChI is InChI=1S/C26H24N2O2/c1-18-12-13-21-15-22(25(29)27-24(21)14-18)17-28(16-20-9-4-3-5-10-20)26(30)23-11-7-6-8-19(23)2/h3-15H,16-17H2,1-2H3,(H,27,29). The van der Waals surface area contributed by atoms with E-state index in [1.54, 1.807) is 4.90 Å². The third-order valence-corrected chi connectivity index (χ3v) is 5.32. The fourth-order valence-electron chi connectivity index (χ4n) is 3.67. The lowest BCUT2D eigenvalue weighted by Gasteiger charge is -2.24. The van der Waals surface area contributed by atoms with Crippen molar-refractivity contribution >= 4 is 16.8 Å². The number of carbonyl (C=O) groups excluding carboxylic acids is 1. The Kier molecular flexibility index (Phi) is 5.48. The first kappa shape index (κ1) is 19.6. The number of nitrogens with zero attached hydrogens (tertiary/aromatic N) is 1. The maximum Gasteiger partial charge on any atom is 0.254 e. The minimum absolute atomic E-state index is 0.0830. The van der Waals surface area contributed by atoms with E-state index in [0.717, 1.165) is 27.6 Å². The van der Waals surface area contributed by atoms with E-state index in [1.165, 1.54) is 0 Å². The van der Waals surface area contributed by atoms with Gasteiger partial charge in [-0.15, -0.1) is 0 Å². The molecule has 4 heteroatoms. The number of carbonyl (C=O) groups is 1. The zero-order valence-electron chi connectivity index (χ0n) is 17.2. The highest BCUT2D eigenvalue weighted by molar-refractivity contribution is 5.95. The Labute approximate surface area is 175 Å². The highest BCUT2D eigenvalue weighted by atomic mass is 16.2. The second-order valence-corrected chi connectivity index (χ2v) is 7.68. The number of hydrogen-bond donors (Lipinski definition) is 1. The van der Waals surface area contributed by atoms with E-state index in [2.05, 4.69) is 4.98 Å². The van der Waals surface area contributed by atoms with Crippen molar-refractivity contribution in [1.29, 1.82) is 0 Å². The van der Waals surface area contributed by atoms with Gasteiger partial charge < -0.3 is 9.88 Å². The van der Waals surface area contributed by atoms with Gasteiger partial charge in [0.2, 0.25) is 0 Å². The van der Waals surface area contributed by atoms with E-state index >= 15 is 0 Å². The molecule has 4 rings (SSSR count). The number of benzene rings is 3. The lowest BCUT2D eigenvalue weighted by atomic mass is 10.1. The van der Waals surface area contributed by atoms with E-state index in [-0.39, 0.29) is 18.0 Å². The number of aromatic amines is 1. The van der Waals surface area contributed by atoms with Crippen molar-refractivity contribution in [3.05, 3.63) is 117 Å². The number of aryl methyl sites for hydroxylation is 2. The maximum absolute atomic E-state index is 13.4. The van der Waals surface area contributed by atoms with Crippen LogP contribution in [0, 0.1) is 13.8 Å². The molecule has 0 aliphatic carbocycles. The minimum Gasteiger partial charge on any atom is -0.330 e. The van der Waals surface area contributed by atoms with Gasteiger partial charge >= 0.3 is 0 Å². The fraction of sp³-hybridized carbons (Fsp3) is 0.154. The van der Waals surface area contributed by atoms with Gasteiger partial charge in [0, 0.05) is 23.2 Å². The van der Waals surface area contributed by atoms with Crippen LogP contribution >= 0.6 is 0 Å². The highest BCUT2D eigenvalue weighted by Gasteiger charge is 2.19.